The molecule has 1 aromatic carbocycles. The molecule has 0 spiro atoms. The number of carbonyl (C=O) groups excluding carboxylic acids is 1. The molecule has 1 aliphatic carbocycles. The second-order valence-electron chi connectivity index (χ2n) is 8.32. The van der Waals surface area contributed by atoms with E-state index in [1.165, 1.54) is 18.2 Å². The average molecular weight is 497 g/mol. The topological polar surface area (TPSA) is 76.5 Å². The third-order valence-electron chi connectivity index (χ3n) is 6.04. The van der Waals surface area contributed by atoms with Gasteiger partial charge >= 0.3 is 11.9 Å². The molecular formula is C23H27F3N4O3S. The van der Waals surface area contributed by atoms with E-state index in [1.807, 2.05) is 0 Å². The van der Waals surface area contributed by atoms with Gasteiger partial charge in [-0.1, -0.05) is 23.9 Å². The Morgan fingerprint density at radius 2 is 1.85 bits per heavy atom. The second kappa shape index (κ2) is 10.9. The second-order valence-corrected chi connectivity index (χ2v) is 9.28. The highest BCUT2D eigenvalue weighted by molar-refractivity contribution is 8.00. The van der Waals surface area contributed by atoms with Crippen molar-refractivity contribution in [2.45, 2.75) is 43.4 Å². The smallest absolute Gasteiger partial charge is 0.379 e. The Balaban J connectivity index is 1.46. The molecule has 1 aliphatic heterocycles. The summed E-state index contributed by atoms with van der Waals surface area (Å²) in [6.07, 6.45) is -1.08. The summed E-state index contributed by atoms with van der Waals surface area (Å²) in [5, 5.41) is 2.84. The number of fused-ring (bicyclic) bond motifs is 1. The molecule has 0 radical (unpaired) electrons. The lowest BCUT2D eigenvalue weighted by molar-refractivity contribution is -0.137. The van der Waals surface area contributed by atoms with Crippen molar-refractivity contribution in [3.05, 3.63) is 51.6 Å². The number of rotatable bonds is 7. The fourth-order valence-corrected chi connectivity index (χ4v) is 5.20. The fraction of sp³-hybridized carbons (Fsp3) is 0.522. The first-order valence-corrected chi connectivity index (χ1v) is 12.3. The van der Waals surface area contributed by atoms with Crippen molar-refractivity contribution >= 4 is 23.4 Å². The largest absolute Gasteiger partial charge is 0.418 e. The maximum Gasteiger partial charge on any atom is 0.418 e. The number of morpholine rings is 1. The van der Waals surface area contributed by atoms with Crippen LogP contribution in [0, 0.1) is 0 Å². The first-order valence-electron chi connectivity index (χ1n) is 11.3. The van der Waals surface area contributed by atoms with Crippen molar-refractivity contribution in [1.29, 1.82) is 0 Å². The van der Waals surface area contributed by atoms with Gasteiger partial charge in [-0.05, 0) is 37.8 Å². The molecule has 7 nitrogen and oxygen atoms in total. The molecule has 1 aromatic heterocycles. The fourth-order valence-electron chi connectivity index (χ4n) is 4.32. The van der Waals surface area contributed by atoms with Crippen LogP contribution in [0.3, 0.4) is 0 Å². The van der Waals surface area contributed by atoms with E-state index >= 15 is 0 Å². The number of amides is 1. The standard InChI is InChI=1S/C23H27F3N4O3S/c24-23(25,26)17-6-2-3-7-18(17)27-20(31)15-34-21-16-5-1-4-8-19(16)30(22(32)28-21)10-9-29-11-13-33-14-12-29/h2-3,6-7H,1,4-5,8-15H2,(H,27,31). The lowest BCUT2D eigenvalue weighted by Gasteiger charge is -2.28. The van der Waals surface area contributed by atoms with Gasteiger partial charge in [0.2, 0.25) is 5.91 Å². The molecule has 1 fully saturated rings. The van der Waals surface area contributed by atoms with Crippen LogP contribution in [0.25, 0.3) is 0 Å². The quantitative estimate of drug-likeness (QED) is 0.469. The molecule has 184 valence electrons. The van der Waals surface area contributed by atoms with Crippen molar-refractivity contribution in [1.82, 2.24) is 14.5 Å². The van der Waals surface area contributed by atoms with Crippen LogP contribution in [0.15, 0.2) is 34.1 Å². The number of aromatic nitrogens is 2. The van der Waals surface area contributed by atoms with Gasteiger partial charge in [0.15, 0.2) is 0 Å². The summed E-state index contributed by atoms with van der Waals surface area (Å²) in [6, 6.07) is 4.86. The molecule has 0 unspecified atom stereocenters. The summed E-state index contributed by atoms with van der Waals surface area (Å²) in [5.41, 5.74) is 0.409. The highest BCUT2D eigenvalue weighted by atomic mass is 32.2. The van der Waals surface area contributed by atoms with Crippen molar-refractivity contribution in [3.63, 3.8) is 0 Å². The summed E-state index contributed by atoms with van der Waals surface area (Å²) in [7, 11) is 0. The number of hydrogen-bond acceptors (Lipinski definition) is 6. The Bertz CT molecular complexity index is 1080. The van der Waals surface area contributed by atoms with Crippen molar-refractivity contribution in [3.8, 4) is 0 Å². The number of anilines is 1. The first-order chi connectivity index (χ1) is 16.3. The lowest BCUT2D eigenvalue weighted by atomic mass is 9.97. The molecule has 34 heavy (non-hydrogen) atoms. The Morgan fingerprint density at radius 3 is 2.62 bits per heavy atom. The van der Waals surface area contributed by atoms with Gasteiger partial charge in [0.25, 0.3) is 0 Å². The molecule has 0 atom stereocenters. The number of hydrogen-bond donors (Lipinski definition) is 1. The summed E-state index contributed by atoms with van der Waals surface area (Å²) in [4.78, 5) is 31.8. The summed E-state index contributed by atoms with van der Waals surface area (Å²) in [6.45, 7) is 4.35. The average Bonchev–Trinajstić information content (AvgIpc) is 2.82. The molecule has 2 aromatic rings. The number of benzene rings is 1. The maximum absolute atomic E-state index is 13.2. The van der Waals surface area contributed by atoms with Gasteiger partial charge in [-0.15, -0.1) is 0 Å². The molecule has 11 heteroatoms. The first kappa shape index (κ1) is 24.7. The number of carbonyl (C=O) groups is 1. The van der Waals surface area contributed by atoms with Gasteiger partial charge < -0.3 is 10.1 Å². The van der Waals surface area contributed by atoms with Gasteiger partial charge in [-0.2, -0.15) is 18.2 Å². The number of ether oxygens (including phenoxy) is 1. The summed E-state index contributed by atoms with van der Waals surface area (Å²) >= 11 is 1.10. The van der Waals surface area contributed by atoms with Gasteiger partial charge in [-0.25, -0.2) is 4.79 Å². The monoisotopic (exact) mass is 496 g/mol. The SMILES string of the molecule is O=C(CSc1nc(=O)n(CCN2CCOCC2)c2c1CCCC2)Nc1ccccc1C(F)(F)F. The van der Waals surface area contributed by atoms with Crippen LogP contribution in [0.2, 0.25) is 0 Å². The number of halogens is 3. The summed E-state index contributed by atoms with van der Waals surface area (Å²) < 4.78 is 46.7. The Morgan fingerprint density at radius 1 is 1.12 bits per heavy atom. The molecular weight excluding hydrogens is 469 g/mol. The number of thioether (sulfide) groups is 1. The normalized spacial score (nSPS) is 16.8. The van der Waals surface area contributed by atoms with Crippen LogP contribution in [0.4, 0.5) is 18.9 Å². The molecule has 1 N–H and O–H groups in total. The molecule has 2 heterocycles. The zero-order valence-electron chi connectivity index (χ0n) is 18.7. The molecule has 2 aliphatic rings. The van der Waals surface area contributed by atoms with Crippen LogP contribution >= 0.6 is 11.8 Å². The zero-order valence-corrected chi connectivity index (χ0v) is 19.5. The predicted octanol–water partition coefficient (Wildman–Crippen LogP) is 3.20. The number of para-hydroxylation sites is 1. The van der Waals surface area contributed by atoms with E-state index in [2.05, 4.69) is 15.2 Å². The predicted molar refractivity (Wildman–Crippen MR) is 123 cm³/mol. The third kappa shape index (κ3) is 6.00. The Labute approximate surface area is 199 Å². The van der Waals surface area contributed by atoms with Gasteiger partial charge in [-0.3, -0.25) is 14.3 Å². The van der Waals surface area contributed by atoms with E-state index in [-0.39, 0.29) is 17.1 Å². The lowest BCUT2D eigenvalue weighted by Crippen LogP contribution is -2.40. The van der Waals surface area contributed by atoms with Crippen LogP contribution in [0.1, 0.15) is 29.7 Å². The minimum Gasteiger partial charge on any atom is -0.379 e. The maximum atomic E-state index is 13.2. The minimum absolute atomic E-state index is 0.136. The van der Waals surface area contributed by atoms with Crippen molar-refractivity contribution < 1.29 is 22.7 Å². The van der Waals surface area contributed by atoms with Crippen LogP contribution in [-0.2, 0) is 35.1 Å². The van der Waals surface area contributed by atoms with Gasteiger partial charge in [0, 0.05) is 37.4 Å². The van der Waals surface area contributed by atoms with E-state index in [4.69, 9.17) is 4.74 Å². The zero-order chi connectivity index (χ0) is 24.1. The van der Waals surface area contributed by atoms with Gasteiger partial charge in [0.05, 0.1) is 30.2 Å². The summed E-state index contributed by atoms with van der Waals surface area (Å²) in [5.74, 6) is -0.715. The highest BCUT2D eigenvalue weighted by Gasteiger charge is 2.33. The van der Waals surface area contributed by atoms with E-state index < -0.39 is 17.6 Å². The van der Waals surface area contributed by atoms with Crippen LogP contribution < -0.4 is 11.0 Å². The number of alkyl halides is 3. The van der Waals surface area contributed by atoms with Crippen LogP contribution in [-0.4, -0.2) is 59.0 Å². The van der Waals surface area contributed by atoms with E-state index in [1.54, 1.807) is 4.57 Å². The number of nitrogens with zero attached hydrogens (tertiary/aromatic N) is 3. The Hall–Kier alpha value is -2.37. The number of nitrogens with one attached hydrogen (secondary N) is 1. The van der Waals surface area contributed by atoms with Crippen molar-refractivity contribution in [2.24, 2.45) is 0 Å². The molecule has 1 saturated heterocycles. The minimum atomic E-state index is -4.57. The van der Waals surface area contributed by atoms with Gasteiger partial charge in [0.1, 0.15) is 5.03 Å². The molecule has 0 bridgehead atoms. The highest BCUT2D eigenvalue weighted by Crippen LogP contribution is 2.35. The van der Waals surface area contributed by atoms with E-state index in [0.29, 0.717) is 24.8 Å². The Kier molecular flexibility index (Phi) is 7.95. The molecule has 1 amide bonds. The molecule has 0 saturated carbocycles. The van der Waals surface area contributed by atoms with Crippen LogP contribution in [0.5, 0.6) is 0 Å². The van der Waals surface area contributed by atoms with E-state index in [9.17, 15) is 22.8 Å². The van der Waals surface area contributed by atoms with Crippen molar-refractivity contribution in [2.75, 3.05) is 43.9 Å². The third-order valence-corrected chi connectivity index (χ3v) is 7.06. The van der Waals surface area contributed by atoms with E-state index in [0.717, 1.165) is 74.4 Å². The molecule has 4 rings (SSSR count).